The van der Waals surface area contributed by atoms with E-state index in [-0.39, 0.29) is 17.1 Å². The van der Waals surface area contributed by atoms with Crippen LogP contribution in [0, 0.1) is 0 Å². The van der Waals surface area contributed by atoms with E-state index < -0.39 is 20.0 Å². The summed E-state index contributed by atoms with van der Waals surface area (Å²) in [5.74, 6) is 0. The number of rotatable bonds is 3. The first kappa shape index (κ1) is 27.7. The van der Waals surface area contributed by atoms with Gasteiger partial charge in [-0.05, 0) is 11.1 Å². The van der Waals surface area contributed by atoms with Crippen LogP contribution >= 0.6 is 0 Å². The molecule has 0 bridgehead atoms. The summed E-state index contributed by atoms with van der Waals surface area (Å²) in [6.45, 7) is 0.390. The van der Waals surface area contributed by atoms with Crippen LogP contribution in [0.15, 0.2) is 60.7 Å². The van der Waals surface area contributed by atoms with E-state index in [1.165, 1.54) is 0 Å². The third kappa shape index (κ3) is 14.2. The third-order valence-corrected chi connectivity index (χ3v) is 2.90. The molecule has 0 aliphatic heterocycles. The van der Waals surface area contributed by atoms with Crippen molar-refractivity contribution in [3.63, 3.8) is 0 Å². The van der Waals surface area contributed by atoms with Crippen LogP contribution in [0.2, 0.25) is 0 Å². The smallest absolute Gasteiger partial charge is 0.418 e. The van der Waals surface area contributed by atoms with Crippen molar-refractivity contribution in [3.8, 4) is 0 Å². The Morgan fingerprint density at radius 2 is 0.852 bits per heavy atom. The van der Waals surface area contributed by atoms with Gasteiger partial charge in [0.2, 0.25) is 0 Å². The van der Waals surface area contributed by atoms with Gasteiger partial charge in [-0.15, -0.1) is 0 Å². The van der Waals surface area contributed by atoms with Crippen LogP contribution in [0.1, 0.15) is 11.1 Å². The van der Waals surface area contributed by atoms with Gasteiger partial charge in [-0.3, -0.25) is 0 Å². The van der Waals surface area contributed by atoms with Gasteiger partial charge in [-0.25, -0.2) is 0 Å². The number of hydrogen-bond acceptors (Lipinski definition) is 2. The van der Waals surface area contributed by atoms with Gasteiger partial charge in [0.15, 0.2) is 0 Å². The molecule has 0 amide bonds. The summed E-state index contributed by atoms with van der Waals surface area (Å²) >= 11 is 0. The second-order valence-corrected chi connectivity index (χ2v) is 4.90. The van der Waals surface area contributed by atoms with Crippen LogP contribution < -0.4 is 11.5 Å². The number of hydrogen-bond donors (Lipinski definition) is 2. The fourth-order valence-electron chi connectivity index (χ4n) is 1.87. The van der Waals surface area contributed by atoms with E-state index in [4.69, 9.17) is 11.5 Å². The molecular formula is C14H16B2F8FeN2. The molecule has 0 heterocycles. The molecule has 27 heavy (non-hydrogen) atoms. The van der Waals surface area contributed by atoms with E-state index in [0.717, 1.165) is 11.1 Å². The molecule has 13 heteroatoms. The Hall–Kier alpha value is -1.55. The SMILES string of the molecule is F[B-](F)(F)F.F[B-](F)(F)F.NCC(N)(c1ccccc1)c1ccccc1.[Fe+2]. The van der Waals surface area contributed by atoms with E-state index in [2.05, 4.69) is 0 Å². The first-order chi connectivity index (χ1) is 11.8. The zero-order valence-corrected chi connectivity index (χ0v) is 14.8. The van der Waals surface area contributed by atoms with Gasteiger partial charge < -0.3 is 46.0 Å². The van der Waals surface area contributed by atoms with Crippen LogP contribution in [0.25, 0.3) is 0 Å². The monoisotopic (exact) mass is 442 g/mol. The summed E-state index contributed by atoms with van der Waals surface area (Å²) in [6.07, 6.45) is 0. The fourth-order valence-corrected chi connectivity index (χ4v) is 1.87. The predicted octanol–water partition coefficient (Wildman–Crippen LogP) is 4.45. The zero-order chi connectivity index (χ0) is 20.4. The minimum atomic E-state index is -6.00. The topological polar surface area (TPSA) is 52.0 Å². The summed E-state index contributed by atoms with van der Waals surface area (Å²) in [4.78, 5) is 0. The Morgan fingerprint density at radius 3 is 1.04 bits per heavy atom. The summed E-state index contributed by atoms with van der Waals surface area (Å²) in [7, 11) is -12.0. The van der Waals surface area contributed by atoms with Crippen molar-refractivity contribution in [3.05, 3.63) is 71.8 Å². The summed E-state index contributed by atoms with van der Waals surface area (Å²) in [5, 5.41) is 0. The van der Waals surface area contributed by atoms with Gasteiger partial charge in [0, 0.05) is 6.54 Å². The van der Waals surface area contributed by atoms with E-state index in [1.807, 2.05) is 60.7 Å². The molecule has 0 spiro atoms. The molecule has 0 aromatic heterocycles. The van der Waals surface area contributed by atoms with Gasteiger partial charge in [0.25, 0.3) is 0 Å². The van der Waals surface area contributed by atoms with Crippen molar-refractivity contribution >= 4 is 14.5 Å². The second kappa shape index (κ2) is 12.0. The summed E-state index contributed by atoms with van der Waals surface area (Å²) in [5.41, 5.74) is 13.8. The number of halogens is 8. The Bertz CT molecular complexity index is 563. The van der Waals surface area contributed by atoms with Crippen LogP contribution in [0.5, 0.6) is 0 Å². The van der Waals surface area contributed by atoms with E-state index in [0.29, 0.717) is 6.54 Å². The molecule has 0 atom stereocenters. The Morgan fingerprint density at radius 1 is 0.630 bits per heavy atom. The molecule has 0 aliphatic carbocycles. The molecule has 0 radical (unpaired) electrons. The maximum Gasteiger partial charge on any atom is 2.00 e. The molecule has 4 N–H and O–H groups in total. The molecule has 0 fully saturated rings. The van der Waals surface area contributed by atoms with Gasteiger partial charge in [-0.1, -0.05) is 60.7 Å². The van der Waals surface area contributed by atoms with Crippen LogP contribution in [-0.2, 0) is 22.6 Å². The molecule has 2 aromatic rings. The van der Waals surface area contributed by atoms with Crippen molar-refractivity contribution in [1.29, 1.82) is 0 Å². The normalized spacial score (nSPS) is 11.2. The molecule has 2 nitrogen and oxygen atoms in total. The number of benzene rings is 2. The van der Waals surface area contributed by atoms with Gasteiger partial charge in [-0.2, -0.15) is 0 Å². The molecule has 2 aromatic carbocycles. The molecule has 0 aliphatic rings. The minimum Gasteiger partial charge on any atom is -0.418 e. The Kier molecular flexibility index (Phi) is 12.3. The van der Waals surface area contributed by atoms with E-state index >= 15 is 0 Å². The summed E-state index contributed by atoms with van der Waals surface area (Å²) < 4.78 is 78.0. The third-order valence-electron chi connectivity index (χ3n) is 2.90. The summed E-state index contributed by atoms with van der Waals surface area (Å²) in [6, 6.07) is 19.9. The predicted molar refractivity (Wildman–Crippen MR) is 87.3 cm³/mol. The number of nitrogens with two attached hydrogens (primary N) is 2. The zero-order valence-electron chi connectivity index (χ0n) is 13.7. The van der Waals surface area contributed by atoms with Gasteiger partial charge in [0.05, 0.1) is 5.54 Å². The first-order valence-electron chi connectivity index (χ1n) is 7.12. The first-order valence-corrected chi connectivity index (χ1v) is 7.12. The largest absolute Gasteiger partial charge is 2.00 e. The van der Waals surface area contributed by atoms with Crippen molar-refractivity contribution in [2.75, 3.05) is 6.54 Å². The quantitative estimate of drug-likeness (QED) is 0.546. The molecule has 0 saturated carbocycles. The second-order valence-electron chi connectivity index (χ2n) is 4.90. The maximum atomic E-state index is 9.75. The fraction of sp³-hybridized carbons (Fsp3) is 0.143. The molecule has 0 saturated heterocycles. The van der Waals surface area contributed by atoms with Gasteiger partial charge >= 0.3 is 31.6 Å². The van der Waals surface area contributed by atoms with Crippen LogP contribution in [0.4, 0.5) is 34.5 Å². The Balaban J connectivity index is 0. The molecule has 152 valence electrons. The minimum absolute atomic E-state index is 0. The molecule has 2 rings (SSSR count). The van der Waals surface area contributed by atoms with Crippen molar-refractivity contribution in [2.45, 2.75) is 5.54 Å². The van der Waals surface area contributed by atoms with E-state index in [1.54, 1.807) is 0 Å². The average Bonchev–Trinajstić information content (AvgIpc) is 2.53. The molecule has 0 unspecified atom stereocenters. The van der Waals surface area contributed by atoms with Crippen LogP contribution in [-0.4, -0.2) is 21.1 Å². The van der Waals surface area contributed by atoms with Crippen molar-refractivity contribution in [1.82, 2.24) is 0 Å². The van der Waals surface area contributed by atoms with Gasteiger partial charge in [0.1, 0.15) is 0 Å². The van der Waals surface area contributed by atoms with E-state index in [9.17, 15) is 34.5 Å². The standard InChI is InChI=1S/C14H16N2.2BF4.Fe/c15-11-14(16,12-7-3-1-4-8-12)13-9-5-2-6-10-13;2*2-1(3,4)5;/h1-10H,11,15-16H2;;;/q;2*-1;+2. The van der Waals surface area contributed by atoms with Crippen molar-refractivity contribution in [2.24, 2.45) is 11.5 Å². The molecular weight excluding hydrogens is 426 g/mol. The maximum absolute atomic E-state index is 9.75. The van der Waals surface area contributed by atoms with Crippen molar-refractivity contribution < 1.29 is 51.6 Å². The van der Waals surface area contributed by atoms with Crippen LogP contribution in [0.3, 0.4) is 0 Å². The average molecular weight is 442 g/mol. The Labute approximate surface area is 162 Å².